The molecule has 10 heteroatoms. The summed E-state index contributed by atoms with van der Waals surface area (Å²) in [6, 6.07) is 17.2. The van der Waals surface area contributed by atoms with Gasteiger partial charge in [0.25, 0.3) is 11.7 Å². The third kappa shape index (κ3) is 4.70. The van der Waals surface area contributed by atoms with Crippen molar-refractivity contribution in [1.29, 1.82) is 0 Å². The van der Waals surface area contributed by atoms with Gasteiger partial charge in [-0.25, -0.2) is 9.97 Å². The predicted octanol–water partition coefficient (Wildman–Crippen LogP) is 4.35. The Bertz CT molecular complexity index is 1550. The van der Waals surface area contributed by atoms with E-state index in [-0.39, 0.29) is 6.04 Å². The summed E-state index contributed by atoms with van der Waals surface area (Å²) in [5, 5.41) is 3.28. The Morgan fingerprint density at radius 3 is 2.59 bits per heavy atom. The van der Waals surface area contributed by atoms with E-state index in [4.69, 9.17) is 16.3 Å². The minimum atomic E-state index is -0.696. The summed E-state index contributed by atoms with van der Waals surface area (Å²) in [7, 11) is 1.80. The standard InChI is InChI=1S/C29H27ClN6O3/c1-18-12-23(19-6-4-3-5-7-19)26(34(18)2)27(37)28(38)33-21-8-9-24-25(13-21)39-17-22-16-35(10-11-36(22)24)29-31-14-20(30)15-32-29/h3-9,12-15,22H,10-11,16-17H2,1-2H3,(H,33,38)/t22-/m0/s1. The normalized spacial score (nSPS) is 16.2. The van der Waals surface area contributed by atoms with Gasteiger partial charge in [-0.2, -0.15) is 0 Å². The number of Topliss-reactive ketones (excluding diaryl/α,β-unsaturated/α-hetero) is 1. The van der Waals surface area contributed by atoms with E-state index in [2.05, 4.69) is 25.1 Å². The van der Waals surface area contributed by atoms with E-state index < -0.39 is 11.7 Å². The van der Waals surface area contributed by atoms with Gasteiger partial charge in [-0.3, -0.25) is 9.59 Å². The van der Waals surface area contributed by atoms with Crippen LogP contribution in [-0.4, -0.2) is 58.5 Å². The molecule has 2 aliphatic rings. The maximum absolute atomic E-state index is 13.3. The predicted molar refractivity (Wildman–Crippen MR) is 151 cm³/mol. The molecule has 0 spiro atoms. The highest BCUT2D eigenvalue weighted by molar-refractivity contribution is 6.47. The van der Waals surface area contributed by atoms with Crippen LogP contribution in [0.3, 0.4) is 0 Å². The van der Waals surface area contributed by atoms with Crippen LogP contribution in [0.5, 0.6) is 5.75 Å². The van der Waals surface area contributed by atoms with Gasteiger partial charge >= 0.3 is 0 Å². The highest BCUT2D eigenvalue weighted by Crippen LogP contribution is 2.38. The van der Waals surface area contributed by atoms with Crippen molar-refractivity contribution in [2.45, 2.75) is 13.0 Å². The summed E-state index contributed by atoms with van der Waals surface area (Å²) in [6.45, 7) is 4.64. The van der Waals surface area contributed by atoms with Crippen molar-refractivity contribution in [3.8, 4) is 16.9 Å². The van der Waals surface area contributed by atoms with Gasteiger partial charge in [-0.15, -0.1) is 0 Å². The van der Waals surface area contributed by atoms with Crippen LogP contribution in [-0.2, 0) is 11.8 Å². The number of anilines is 3. The average molecular weight is 543 g/mol. The molecule has 9 nitrogen and oxygen atoms in total. The SMILES string of the molecule is Cc1cc(-c2ccccc2)c(C(=O)C(=O)Nc2ccc3c(c2)OC[C@@H]2CN(c4ncc(Cl)cn4)CCN32)n1C. The molecular weight excluding hydrogens is 516 g/mol. The van der Waals surface area contributed by atoms with E-state index in [0.29, 0.717) is 41.3 Å². The molecular formula is C29H27ClN6O3. The number of amides is 1. The molecule has 6 rings (SSSR count). The Labute approximate surface area is 231 Å². The summed E-state index contributed by atoms with van der Waals surface area (Å²) >= 11 is 5.93. The second kappa shape index (κ2) is 10.1. The summed E-state index contributed by atoms with van der Waals surface area (Å²) in [4.78, 5) is 39.5. The van der Waals surface area contributed by atoms with Crippen molar-refractivity contribution in [2.75, 3.05) is 41.4 Å². The number of halogens is 1. The van der Waals surface area contributed by atoms with E-state index in [1.165, 1.54) is 0 Å². The molecule has 1 saturated heterocycles. The number of benzene rings is 2. The van der Waals surface area contributed by atoms with Crippen molar-refractivity contribution >= 4 is 40.6 Å². The Morgan fingerprint density at radius 2 is 1.82 bits per heavy atom. The number of nitrogens with one attached hydrogen (secondary N) is 1. The van der Waals surface area contributed by atoms with Crippen LogP contribution in [0.2, 0.25) is 5.02 Å². The molecule has 2 aliphatic heterocycles. The number of hydrogen-bond donors (Lipinski definition) is 1. The number of aryl methyl sites for hydroxylation is 1. The van der Waals surface area contributed by atoms with E-state index in [0.717, 1.165) is 35.6 Å². The van der Waals surface area contributed by atoms with Crippen molar-refractivity contribution in [3.63, 3.8) is 0 Å². The Hall–Kier alpha value is -4.37. The number of rotatable bonds is 5. The molecule has 0 saturated carbocycles. The molecule has 39 heavy (non-hydrogen) atoms. The average Bonchev–Trinajstić information content (AvgIpc) is 3.26. The van der Waals surface area contributed by atoms with Crippen LogP contribution in [0.15, 0.2) is 67.0 Å². The Kier molecular flexibility index (Phi) is 6.44. The third-order valence-electron chi connectivity index (χ3n) is 7.31. The number of fused-ring (bicyclic) bond motifs is 3. The zero-order valence-electron chi connectivity index (χ0n) is 21.6. The maximum atomic E-state index is 13.3. The second-order valence-electron chi connectivity index (χ2n) is 9.74. The third-order valence-corrected chi connectivity index (χ3v) is 7.50. The van der Waals surface area contributed by atoms with Crippen LogP contribution in [0, 0.1) is 6.92 Å². The smallest absolute Gasteiger partial charge is 0.298 e. The lowest BCUT2D eigenvalue weighted by Gasteiger charge is -2.45. The molecule has 0 unspecified atom stereocenters. The number of carbonyl (C=O) groups is 2. The molecule has 0 bridgehead atoms. The lowest BCUT2D eigenvalue weighted by molar-refractivity contribution is -0.112. The van der Waals surface area contributed by atoms with Crippen LogP contribution in [0.25, 0.3) is 11.1 Å². The van der Waals surface area contributed by atoms with Gasteiger partial charge in [0.05, 0.1) is 29.1 Å². The molecule has 2 aromatic heterocycles. The molecule has 2 aromatic carbocycles. The van der Waals surface area contributed by atoms with Crippen LogP contribution in [0.4, 0.5) is 17.3 Å². The lowest BCUT2D eigenvalue weighted by Crippen LogP contribution is -2.57. The molecule has 0 radical (unpaired) electrons. The minimum Gasteiger partial charge on any atom is -0.489 e. The van der Waals surface area contributed by atoms with Gasteiger partial charge in [-0.1, -0.05) is 41.9 Å². The number of aromatic nitrogens is 3. The number of nitrogens with zero attached hydrogens (tertiary/aromatic N) is 5. The fourth-order valence-corrected chi connectivity index (χ4v) is 5.33. The highest BCUT2D eigenvalue weighted by Gasteiger charge is 2.34. The van der Waals surface area contributed by atoms with Gasteiger partial charge in [0.15, 0.2) is 0 Å². The number of ketones is 1. The first-order valence-electron chi connectivity index (χ1n) is 12.7. The molecule has 4 aromatic rings. The number of ether oxygens (including phenoxy) is 1. The molecule has 1 atom stereocenters. The van der Waals surface area contributed by atoms with Crippen LogP contribution < -0.4 is 19.9 Å². The zero-order chi connectivity index (χ0) is 27.1. The molecule has 0 aliphatic carbocycles. The lowest BCUT2D eigenvalue weighted by atomic mass is 10.0. The number of hydrogen-bond acceptors (Lipinski definition) is 7. The summed E-state index contributed by atoms with van der Waals surface area (Å²) in [5.41, 5.74) is 4.33. The summed E-state index contributed by atoms with van der Waals surface area (Å²) in [6.07, 6.45) is 3.20. The zero-order valence-corrected chi connectivity index (χ0v) is 22.4. The van der Waals surface area contributed by atoms with Crippen molar-refractivity contribution in [3.05, 3.63) is 83.4 Å². The van der Waals surface area contributed by atoms with E-state index in [9.17, 15) is 9.59 Å². The van der Waals surface area contributed by atoms with Crippen molar-refractivity contribution in [1.82, 2.24) is 14.5 Å². The number of piperazine rings is 1. The molecule has 4 heterocycles. The summed E-state index contributed by atoms with van der Waals surface area (Å²) < 4.78 is 7.85. The van der Waals surface area contributed by atoms with Crippen molar-refractivity contribution < 1.29 is 14.3 Å². The van der Waals surface area contributed by atoms with Gasteiger partial charge in [-0.05, 0) is 30.7 Å². The fourth-order valence-electron chi connectivity index (χ4n) is 5.24. The van der Waals surface area contributed by atoms with Gasteiger partial charge in [0.2, 0.25) is 5.95 Å². The first-order chi connectivity index (χ1) is 18.9. The Balaban J connectivity index is 1.18. The number of carbonyl (C=O) groups excluding carboxylic acids is 2. The first-order valence-corrected chi connectivity index (χ1v) is 13.1. The van der Waals surface area contributed by atoms with E-state index in [1.54, 1.807) is 36.1 Å². The van der Waals surface area contributed by atoms with Gasteiger partial charge < -0.3 is 24.4 Å². The molecule has 198 valence electrons. The van der Waals surface area contributed by atoms with Crippen LogP contribution >= 0.6 is 11.6 Å². The maximum Gasteiger partial charge on any atom is 0.298 e. The van der Waals surface area contributed by atoms with E-state index in [1.807, 2.05) is 49.4 Å². The Morgan fingerprint density at radius 1 is 1.05 bits per heavy atom. The monoisotopic (exact) mass is 542 g/mol. The fraction of sp³-hybridized carbons (Fsp3) is 0.241. The quantitative estimate of drug-likeness (QED) is 0.296. The molecule has 1 amide bonds. The summed E-state index contributed by atoms with van der Waals surface area (Å²) in [5.74, 6) is 0.0334. The first kappa shape index (κ1) is 24.9. The largest absolute Gasteiger partial charge is 0.489 e. The van der Waals surface area contributed by atoms with Crippen molar-refractivity contribution in [2.24, 2.45) is 7.05 Å². The van der Waals surface area contributed by atoms with Crippen LogP contribution in [0.1, 0.15) is 16.2 Å². The topological polar surface area (TPSA) is 92.6 Å². The minimum absolute atomic E-state index is 0.129. The molecule has 1 fully saturated rings. The van der Waals surface area contributed by atoms with Gasteiger partial charge in [0.1, 0.15) is 18.1 Å². The van der Waals surface area contributed by atoms with E-state index >= 15 is 0 Å². The van der Waals surface area contributed by atoms with Gasteiger partial charge in [0, 0.05) is 49.7 Å². The molecule has 1 N–H and O–H groups in total. The second-order valence-corrected chi connectivity index (χ2v) is 10.2. The highest BCUT2D eigenvalue weighted by atomic mass is 35.5.